The lowest BCUT2D eigenvalue weighted by molar-refractivity contribution is 0.0696. The van der Waals surface area contributed by atoms with Crippen molar-refractivity contribution in [2.24, 2.45) is 0 Å². The summed E-state index contributed by atoms with van der Waals surface area (Å²) in [5.41, 5.74) is -0.0246. The van der Waals surface area contributed by atoms with Crippen LogP contribution in [0.1, 0.15) is 10.4 Å². The highest BCUT2D eigenvalue weighted by molar-refractivity contribution is 9.10. The highest BCUT2D eigenvalue weighted by atomic mass is 79.9. The Labute approximate surface area is 119 Å². The number of anilines is 1. The average Bonchev–Trinajstić information content (AvgIpc) is 2.80. The van der Waals surface area contributed by atoms with Gasteiger partial charge in [0.15, 0.2) is 0 Å². The molecule has 0 amide bonds. The number of aromatic carboxylic acids is 1. The Balaban J connectivity index is 2.38. The summed E-state index contributed by atoms with van der Waals surface area (Å²) < 4.78 is 29.8. The van der Waals surface area contributed by atoms with E-state index in [9.17, 15) is 13.2 Å². The molecule has 19 heavy (non-hydrogen) atoms. The lowest BCUT2D eigenvalue weighted by Crippen LogP contribution is -2.14. The van der Waals surface area contributed by atoms with Gasteiger partial charge in [-0.15, -0.1) is 0 Å². The minimum absolute atomic E-state index is 0.0224. The summed E-state index contributed by atoms with van der Waals surface area (Å²) in [6.07, 6.45) is 0. The molecule has 0 saturated carbocycles. The first-order valence-electron chi connectivity index (χ1n) is 4.61. The summed E-state index contributed by atoms with van der Waals surface area (Å²) in [6, 6.07) is 3.58. The maximum Gasteiger partial charge on any atom is 0.335 e. The van der Waals surface area contributed by atoms with Crippen LogP contribution in [0, 0.1) is 0 Å². The molecule has 1 aromatic carbocycles. The third-order valence-corrected chi connectivity index (χ3v) is 4.95. The van der Waals surface area contributed by atoms with Crippen LogP contribution in [-0.2, 0) is 10.0 Å². The minimum Gasteiger partial charge on any atom is -0.478 e. The first-order valence-corrected chi connectivity index (χ1v) is 7.66. The summed E-state index contributed by atoms with van der Waals surface area (Å²) >= 11 is 3.81. The van der Waals surface area contributed by atoms with Crippen LogP contribution in [-0.4, -0.2) is 34.3 Å². The molecule has 2 rings (SSSR count). The standard InChI is InChI=1S/C8H5BrN4O4S2/c9-5-3-4(7(14)15)1-2-6(5)19(16,17)11-8-10-12-13-18-8/h1-3H,(H,14,15)(H,10,11,13). The lowest BCUT2D eigenvalue weighted by atomic mass is 10.2. The SMILES string of the molecule is O=C(O)c1ccc(S(=O)(=O)Nc2nnns2)c(Br)c1. The predicted octanol–water partition coefficient (Wildman–Crippen LogP) is 1.19. The van der Waals surface area contributed by atoms with Crippen molar-refractivity contribution < 1.29 is 18.3 Å². The van der Waals surface area contributed by atoms with Gasteiger partial charge < -0.3 is 5.11 Å². The molecule has 0 saturated heterocycles. The van der Waals surface area contributed by atoms with Crippen LogP contribution >= 0.6 is 27.5 Å². The van der Waals surface area contributed by atoms with Crippen molar-refractivity contribution in [1.82, 2.24) is 14.8 Å². The minimum atomic E-state index is -3.88. The van der Waals surface area contributed by atoms with Crippen molar-refractivity contribution in [3.63, 3.8) is 0 Å². The van der Waals surface area contributed by atoms with E-state index in [1.807, 2.05) is 0 Å². The normalized spacial score (nSPS) is 11.2. The Hall–Kier alpha value is -1.59. The molecule has 0 atom stereocenters. The molecule has 0 aliphatic carbocycles. The third kappa shape index (κ3) is 3.05. The molecule has 0 bridgehead atoms. The Kier molecular flexibility index (Phi) is 3.78. The Morgan fingerprint density at radius 1 is 1.42 bits per heavy atom. The number of benzene rings is 1. The Bertz CT molecular complexity index is 716. The molecular weight excluding hydrogens is 360 g/mol. The van der Waals surface area contributed by atoms with E-state index >= 15 is 0 Å². The smallest absolute Gasteiger partial charge is 0.335 e. The first-order chi connectivity index (χ1) is 8.90. The monoisotopic (exact) mass is 364 g/mol. The van der Waals surface area contributed by atoms with Crippen LogP contribution in [0.5, 0.6) is 0 Å². The van der Waals surface area contributed by atoms with Crippen molar-refractivity contribution in [3.8, 4) is 0 Å². The van der Waals surface area contributed by atoms with Gasteiger partial charge in [0, 0.05) is 16.0 Å². The average molecular weight is 365 g/mol. The number of carbonyl (C=O) groups is 1. The predicted molar refractivity (Wildman–Crippen MR) is 69.6 cm³/mol. The third-order valence-electron chi connectivity index (χ3n) is 1.99. The number of hydrogen-bond acceptors (Lipinski definition) is 7. The first kappa shape index (κ1) is 13.8. The van der Waals surface area contributed by atoms with Crippen LogP contribution in [0.15, 0.2) is 27.6 Å². The van der Waals surface area contributed by atoms with E-state index in [0.717, 1.165) is 11.5 Å². The van der Waals surface area contributed by atoms with E-state index < -0.39 is 16.0 Å². The molecule has 100 valence electrons. The van der Waals surface area contributed by atoms with Crippen LogP contribution in [0.2, 0.25) is 0 Å². The van der Waals surface area contributed by atoms with E-state index in [2.05, 4.69) is 35.5 Å². The molecule has 0 fully saturated rings. The second-order valence-electron chi connectivity index (χ2n) is 3.22. The number of rotatable bonds is 4. The second kappa shape index (κ2) is 5.19. The molecule has 0 aliphatic heterocycles. The number of aromatic nitrogens is 3. The number of nitrogens with zero attached hydrogens (tertiary/aromatic N) is 3. The summed E-state index contributed by atoms with van der Waals surface area (Å²) in [6.45, 7) is 0. The van der Waals surface area contributed by atoms with E-state index in [1.165, 1.54) is 18.2 Å². The van der Waals surface area contributed by atoms with Gasteiger partial charge in [-0.1, -0.05) is 9.59 Å². The van der Waals surface area contributed by atoms with Crippen molar-refractivity contribution in [2.75, 3.05) is 4.72 Å². The van der Waals surface area contributed by atoms with E-state index in [4.69, 9.17) is 5.11 Å². The zero-order valence-electron chi connectivity index (χ0n) is 8.94. The van der Waals surface area contributed by atoms with Gasteiger partial charge in [-0.05, 0) is 39.3 Å². The highest BCUT2D eigenvalue weighted by Crippen LogP contribution is 2.25. The van der Waals surface area contributed by atoms with Crippen molar-refractivity contribution in [3.05, 3.63) is 28.2 Å². The van der Waals surface area contributed by atoms with Gasteiger partial charge in [-0.2, -0.15) is 0 Å². The zero-order chi connectivity index (χ0) is 14.0. The molecule has 2 aromatic rings. The number of nitrogens with one attached hydrogen (secondary N) is 1. The van der Waals surface area contributed by atoms with Crippen LogP contribution < -0.4 is 4.72 Å². The van der Waals surface area contributed by atoms with Crippen molar-refractivity contribution >= 4 is 48.6 Å². The van der Waals surface area contributed by atoms with Gasteiger partial charge in [0.2, 0.25) is 5.13 Å². The fraction of sp³-hybridized carbons (Fsp3) is 0. The van der Waals surface area contributed by atoms with Gasteiger partial charge in [0.1, 0.15) is 4.90 Å². The second-order valence-corrected chi connectivity index (χ2v) is 6.46. The number of carboxylic acids is 1. The number of hydrogen-bond donors (Lipinski definition) is 2. The van der Waals surface area contributed by atoms with Crippen molar-refractivity contribution in [2.45, 2.75) is 4.90 Å². The number of carboxylic acid groups (broad SMARTS) is 1. The van der Waals surface area contributed by atoms with Crippen LogP contribution in [0.3, 0.4) is 0 Å². The molecule has 1 aromatic heterocycles. The Morgan fingerprint density at radius 3 is 2.68 bits per heavy atom. The molecule has 2 N–H and O–H groups in total. The topological polar surface area (TPSA) is 122 Å². The fourth-order valence-corrected chi connectivity index (χ4v) is 3.86. The van der Waals surface area contributed by atoms with Gasteiger partial charge in [-0.3, -0.25) is 4.72 Å². The molecule has 11 heteroatoms. The summed E-state index contributed by atoms with van der Waals surface area (Å²) in [7, 11) is -3.88. The molecule has 0 spiro atoms. The van der Waals surface area contributed by atoms with Crippen LogP contribution in [0.4, 0.5) is 5.13 Å². The largest absolute Gasteiger partial charge is 0.478 e. The highest BCUT2D eigenvalue weighted by Gasteiger charge is 2.20. The summed E-state index contributed by atoms with van der Waals surface area (Å²) in [5, 5.41) is 15.5. The number of halogens is 1. The maximum absolute atomic E-state index is 12.0. The quantitative estimate of drug-likeness (QED) is 0.835. The van der Waals surface area contributed by atoms with E-state index in [-0.39, 0.29) is 20.1 Å². The molecule has 8 nitrogen and oxygen atoms in total. The number of sulfonamides is 1. The van der Waals surface area contributed by atoms with E-state index in [1.54, 1.807) is 0 Å². The summed E-state index contributed by atoms with van der Waals surface area (Å²) in [4.78, 5) is 10.7. The lowest BCUT2D eigenvalue weighted by Gasteiger charge is -2.07. The molecule has 0 aliphatic rings. The van der Waals surface area contributed by atoms with Gasteiger partial charge in [0.25, 0.3) is 10.0 Å². The van der Waals surface area contributed by atoms with Gasteiger partial charge >= 0.3 is 5.97 Å². The molecular formula is C8H5BrN4O4S2. The maximum atomic E-state index is 12.0. The van der Waals surface area contributed by atoms with Crippen LogP contribution in [0.25, 0.3) is 0 Å². The fourth-order valence-electron chi connectivity index (χ4n) is 1.19. The molecule has 1 heterocycles. The molecule has 0 radical (unpaired) electrons. The van der Waals surface area contributed by atoms with Crippen molar-refractivity contribution in [1.29, 1.82) is 0 Å². The zero-order valence-corrected chi connectivity index (χ0v) is 12.2. The Morgan fingerprint density at radius 2 is 2.16 bits per heavy atom. The molecule has 0 unspecified atom stereocenters. The van der Waals surface area contributed by atoms with Gasteiger partial charge in [-0.25, -0.2) is 13.2 Å². The van der Waals surface area contributed by atoms with E-state index in [0.29, 0.717) is 0 Å². The summed E-state index contributed by atoms with van der Waals surface area (Å²) in [5.74, 6) is -1.15. The van der Waals surface area contributed by atoms with Gasteiger partial charge in [0.05, 0.1) is 5.56 Å².